The van der Waals surface area contributed by atoms with Crippen molar-refractivity contribution in [3.63, 3.8) is 0 Å². The van der Waals surface area contributed by atoms with Crippen LogP contribution in [0.15, 0.2) is 52.1 Å². The molecule has 2 rings (SSSR count). The number of nitrogens with zero attached hydrogens (tertiary/aromatic N) is 1. The molecule has 7 heteroatoms. The Morgan fingerprint density at radius 2 is 1.92 bits per heavy atom. The molecule has 25 heavy (non-hydrogen) atoms. The third-order valence-electron chi connectivity index (χ3n) is 3.25. The van der Waals surface area contributed by atoms with Crippen LogP contribution in [0.3, 0.4) is 0 Å². The van der Waals surface area contributed by atoms with Crippen LogP contribution in [0.5, 0.6) is 0 Å². The highest BCUT2D eigenvalue weighted by Gasteiger charge is 2.05. The Morgan fingerprint density at radius 3 is 2.56 bits per heavy atom. The fraction of sp³-hybridized carbons (Fsp3) is 0.167. The lowest BCUT2D eigenvalue weighted by molar-refractivity contribution is -0.120. The van der Waals surface area contributed by atoms with Crippen LogP contribution >= 0.6 is 15.9 Å². The van der Waals surface area contributed by atoms with Crippen LogP contribution in [0.25, 0.3) is 0 Å². The summed E-state index contributed by atoms with van der Waals surface area (Å²) in [7, 11) is 1.33. The number of halogens is 1. The molecular weight excluding hydrogens is 388 g/mol. The Morgan fingerprint density at radius 1 is 1.20 bits per heavy atom. The Kier molecular flexibility index (Phi) is 6.71. The predicted molar refractivity (Wildman–Crippen MR) is 98.8 cm³/mol. The molecule has 0 bridgehead atoms. The zero-order valence-corrected chi connectivity index (χ0v) is 15.4. The largest absolute Gasteiger partial charge is 0.465 e. The van der Waals surface area contributed by atoms with Crippen LogP contribution in [0.2, 0.25) is 0 Å². The van der Waals surface area contributed by atoms with E-state index >= 15 is 0 Å². The summed E-state index contributed by atoms with van der Waals surface area (Å²) in [5.74, 6) is -0.709. The molecule has 0 aromatic heterocycles. The Hall–Kier alpha value is -2.67. The van der Waals surface area contributed by atoms with Gasteiger partial charge in [0.15, 0.2) is 6.61 Å². The van der Waals surface area contributed by atoms with Crippen LogP contribution in [-0.2, 0) is 14.4 Å². The number of amides is 1. The van der Waals surface area contributed by atoms with Crippen LogP contribution in [0, 0.1) is 6.92 Å². The van der Waals surface area contributed by atoms with E-state index in [0.717, 1.165) is 15.6 Å². The number of hydrogen-bond acceptors (Lipinski definition) is 5. The Bertz CT molecular complexity index is 788. The molecule has 130 valence electrons. The van der Waals surface area contributed by atoms with Gasteiger partial charge in [0.05, 0.1) is 18.9 Å². The highest BCUT2D eigenvalue weighted by molar-refractivity contribution is 9.10. The number of rotatable bonds is 6. The second-order valence-corrected chi connectivity index (χ2v) is 5.99. The maximum absolute atomic E-state index is 11.8. The molecule has 0 fully saturated rings. The Balaban J connectivity index is 1.81. The number of aryl methyl sites for hydroxylation is 1. The van der Waals surface area contributed by atoms with Crippen molar-refractivity contribution < 1.29 is 19.2 Å². The third kappa shape index (κ3) is 5.72. The minimum Gasteiger partial charge on any atom is -0.465 e. The smallest absolute Gasteiger partial charge is 0.337 e. The molecule has 2 aromatic rings. The first-order valence-corrected chi connectivity index (χ1v) is 8.18. The third-order valence-corrected chi connectivity index (χ3v) is 4.14. The predicted octanol–water partition coefficient (Wildman–Crippen LogP) is 3.53. The van der Waals surface area contributed by atoms with Gasteiger partial charge in [-0.1, -0.05) is 33.2 Å². The number of esters is 1. The normalized spacial score (nSPS) is 10.5. The second kappa shape index (κ2) is 8.98. The molecule has 0 atom stereocenters. The number of oxime groups is 1. The van der Waals surface area contributed by atoms with Crippen molar-refractivity contribution in [3.8, 4) is 0 Å². The number of carbonyl (C=O) groups excluding carboxylic acids is 2. The SMILES string of the molecule is COC(=O)c1ccc(/C=N\OCC(=O)Nc2ccc(Br)c(C)c2)cc1. The van der Waals surface area contributed by atoms with Gasteiger partial charge in [0.1, 0.15) is 0 Å². The van der Waals surface area contributed by atoms with E-state index in [-0.39, 0.29) is 12.5 Å². The van der Waals surface area contributed by atoms with Gasteiger partial charge < -0.3 is 14.9 Å². The van der Waals surface area contributed by atoms with E-state index in [9.17, 15) is 9.59 Å². The molecule has 1 N–H and O–H groups in total. The van der Waals surface area contributed by atoms with Gasteiger partial charge in [-0.15, -0.1) is 0 Å². The Labute approximate surface area is 153 Å². The summed E-state index contributed by atoms with van der Waals surface area (Å²) >= 11 is 3.40. The molecule has 0 heterocycles. The second-order valence-electron chi connectivity index (χ2n) is 5.13. The van der Waals surface area contributed by atoms with Gasteiger partial charge in [0, 0.05) is 10.2 Å². The van der Waals surface area contributed by atoms with Gasteiger partial charge in [-0.2, -0.15) is 0 Å². The van der Waals surface area contributed by atoms with Crippen molar-refractivity contribution >= 4 is 39.7 Å². The maximum Gasteiger partial charge on any atom is 0.337 e. The van der Waals surface area contributed by atoms with E-state index in [4.69, 9.17) is 4.84 Å². The summed E-state index contributed by atoms with van der Waals surface area (Å²) in [6.45, 7) is 1.73. The summed E-state index contributed by atoms with van der Waals surface area (Å²) in [4.78, 5) is 28.1. The standard InChI is InChI=1S/C18H17BrN2O4/c1-12-9-15(7-8-16(12)19)21-17(22)11-25-20-10-13-3-5-14(6-4-13)18(23)24-2/h3-10H,11H2,1-2H3,(H,21,22)/b20-10-. The molecule has 0 unspecified atom stereocenters. The summed E-state index contributed by atoms with van der Waals surface area (Å²) in [5.41, 5.74) is 2.89. The lowest BCUT2D eigenvalue weighted by Gasteiger charge is -2.06. The van der Waals surface area contributed by atoms with E-state index in [1.165, 1.54) is 13.3 Å². The lowest BCUT2D eigenvalue weighted by atomic mass is 10.1. The van der Waals surface area contributed by atoms with Gasteiger partial charge in [0.2, 0.25) is 0 Å². The number of ether oxygens (including phenoxy) is 1. The zero-order chi connectivity index (χ0) is 18.2. The summed E-state index contributed by atoms with van der Waals surface area (Å²) in [5, 5.41) is 6.47. The van der Waals surface area contributed by atoms with E-state index in [1.807, 2.05) is 19.1 Å². The molecule has 6 nitrogen and oxygen atoms in total. The van der Waals surface area contributed by atoms with E-state index in [2.05, 4.69) is 31.1 Å². The fourth-order valence-corrected chi connectivity index (χ4v) is 2.18. The van der Waals surface area contributed by atoms with Gasteiger partial charge >= 0.3 is 5.97 Å². The van der Waals surface area contributed by atoms with Gasteiger partial charge in [-0.25, -0.2) is 4.79 Å². The molecule has 0 aliphatic rings. The van der Waals surface area contributed by atoms with Crippen molar-refractivity contribution in [1.29, 1.82) is 0 Å². The highest BCUT2D eigenvalue weighted by atomic mass is 79.9. The topological polar surface area (TPSA) is 77.0 Å². The minimum atomic E-state index is -0.403. The van der Waals surface area contributed by atoms with Crippen molar-refractivity contribution in [2.45, 2.75) is 6.92 Å². The summed E-state index contributed by atoms with van der Waals surface area (Å²) in [6, 6.07) is 12.1. The molecule has 0 saturated heterocycles. The van der Waals surface area contributed by atoms with Crippen LogP contribution < -0.4 is 5.32 Å². The van der Waals surface area contributed by atoms with Crippen molar-refractivity contribution in [1.82, 2.24) is 0 Å². The van der Waals surface area contributed by atoms with E-state index < -0.39 is 5.97 Å². The van der Waals surface area contributed by atoms with Gasteiger partial charge in [-0.3, -0.25) is 4.79 Å². The average molecular weight is 405 g/mol. The van der Waals surface area contributed by atoms with Crippen LogP contribution in [-0.4, -0.2) is 31.8 Å². The van der Waals surface area contributed by atoms with Gasteiger partial charge in [0.25, 0.3) is 5.91 Å². The average Bonchev–Trinajstić information content (AvgIpc) is 2.62. The summed E-state index contributed by atoms with van der Waals surface area (Å²) in [6.07, 6.45) is 1.46. The maximum atomic E-state index is 11.8. The van der Waals surface area contributed by atoms with Gasteiger partial charge in [-0.05, 0) is 48.4 Å². The minimum absolute atomic E-state index is 0.203. The van der Waals surface area contributed by atoms with Crippen molar-refractivity contribution in [2.24, 2.45) is 5.16 Å². The number of benzene rings is 2. The van der Waals surface area contributed by atoms with E-state index in [1.54, 1.807) is 30.3 Å². The molecule has 0 saturated carbocycles. The number of nitrogens with one attached hydrogen (secondary N) is 1. The number of anilines is 1. The van der Waals surface area contributed by atoms with E-state index in [0.29, 0.717) is 11.3 Å². The molecule has 1 amide bonds. The first-order chi connectivity index (χ1) is 12.0. The molecule has 0 aliphatic heterocycles. The first kappa shape index (κ1) is 18.7. The summed E-state index contributed by atoms with van der Waals surface area (Å²) < 4.78 is 5.60. The number of methoxy groups -OCH3 is 1. The monoisotopic (exact) mass is 404 g/mol. The molecular formula is C18H17BrN2O4. The molecule has 0 radical (unpaired) electrons. The highest BCUT2D eigenvalue weighted by Crippen LogP contribution is 2.19. The first-order valence-electron chi connectivity index (χ1n) is 7.39. The molecule has 2 aromatic carbocycles. The molecule has 0 aliphatic carbocycles. The van der Waals surface area contributed by atoms with Crippen LogP contribution in [0.1, 0.15) is 21.5 Å². The number of carbonyl (C=O) groups is 2. The fourth-order valence-electron chi connectivity index (χ4n) is 1.94. The molecule has 0 spiro atoms. The van der Waals surface area contributed by atoms with Crippen LogP contribution in [0.4, 0.5) is 5.69 Å². The van der Waals surface area contributed by atoms with Crippen molar-refractivity contribution in [3.05, 3.63) is 63.6 Å². The van der Waals surface area contributed by atoms with Crippen molar-refractivity contribution in [2.75, 3.05) is 19.0 Å². The lowest BCUT2D eigenvalue weighted by Crippen LogP contribution is -2.17. The quantitative estimate of drug-likeness (QED) is 0.453. The number of hydrogen-bond donors (Lipinski definition) is 1. The zero-order valence-electron chi connectivity index (χ0n) is 13.8.